The standard InChI is InChI=1S/C28H27N5O4/c1-19-16-21(8-9-22(19)27(34)35)31-25-24-23(33(32-25)28(12-13-29)11-5-15-36-18-28)10-14-30-26(24)37-17-20-6-3-2-4-7-20/h2-4,6-10,14,16H,5,11-12,15,17-18H2,1H3,(H,31,32)(H,34,35)/t28-/m0/s1. The molecular weight excluding hydrogens is 470 g/mol. The molecule has 9 heteroatoms. The highest BCUT2D eigenvalue weighted by molar-refractivity contribution is 5.96. The quantitative estimate of drug-likeness (QED) is 0.341. The van der Waals surface area contributed by atoms with Gasteiger partial charge in [0, 0.05) is 18.5 Å². The van der Waals surface area contributed by atoms with Crippen LogP contribution in [0.2, 0.25) is 0 Å². The van der Waals surface area contributed by atoms with Crippen molar-refractivity contribution in [1.82, 2.24) is 14.8 Å². The first-order valence-electron chi connectivity index (χ1n) is 12.1. The Balaban J connectivity index is 1.61. The lowest BCUT2D eigenvalue weighted by atomic mass is 9.89. The second kappa shape index (κ2) is 10.3. The topological polar surface area (TPSA) is 122 Å². The minimum Gasteiger partial charge on any atom is -0.478 e. The van der Waals surface area contributed by atoms with Crippen LogP contribution in [0.1, 0.15) is 40.7 Å². The first-order chi connectivity index (χ1) is 18.0. The van der Waals surface area contributed by atoms with Crippen LogP contribution in [-0.2, 0) is 16.9 Å². The Morgan fingerprint density at radius 2 is 2.11 bits per heavy atom. The predicted octanol–water partition coefficient (Wildman–Crippen LogP) is 5.18. The third kappa shape index (κ3) is 4.84. The molecular formula is C28H27N5O4. The number of hydrogen-bond donors (Lipinski definition) is 2. The Kier molecular flexibility index (Phi) is 6.75. The summed E-state index contributed by atoms with van der Waals surface area (Å²) < 4.78 is 13.9. The number of pyridine rings is 1. The van der Waals surface area contributed by atoms with Gasteiger partial charge in [0.2, 0.25) is 5.88 Å². The van der Waals surface area contributed by atoms with Crippen LogP contribution < -0.4 is 10.1 Å². The third-order valence-electron chi connectivity index (χ3n) is 6.66. The van der Waals surface area contributed by atoms with Crippen LogP contribution in [0.4, 0.5) is 11.5 Å². The number of aryl methyl sites for hydroxylation is 1. The van der Waals surface area contributed by atoms with E-state index in [4.69, 9.17) is 14.6 Å². The van der Waals surface area contributed by atoms with E-state index in [0.29, 0.717) is 48.2 Å². The van der Waals surface area contributed by atoms with Crippen molar-refractivity contribution in [2.24, 2.45) is 0 Å². The second-order valence-corrected chi connectivity index (χ2v) is 9.22. The van der Waals surface area contributed by atoms with Crippen LogP contribution in [0.25, 0.3) is 10.9 Å². The Morgan fingerprint density at radius 1 is 1.27 bits per heavy atom. The highest BCUT2D eigenvalue weighted by Gasteiger charge is 2.38. The number of rotatable bonds is 8. The normalized spacial score (nSPS) is 17.3. The summed E-state index contributed by atoms with van der Waals surface area (Å²) in [6.07, 6.45) is 3.51. The SMILES string of the molecule is Cc1cc(Nc2nn([C@]3(CC#N)CCCOC3)c3ccnc(OCc4ccccc4)c23)ccc1C(=O)O. The van der Waals surface area contributed by atoms with Crippen LogP contribution >= 0.6 is 0 Å². The lowest BCUT2D eigenvalue weighted by Gasteiger charge is -2.36. The van der Waals surface area contributed by atoms with Crippen LogP contribution in [-0.4, -0.2) is 39.1 Å². The molecule has 1 saturated heterocycles. The van der Waals surface area contributed by atoms with Crippen LogP contribution in [0.5, 0.6) is 5.88 Å². The fourth-order valence-corrected chi connectivity index (χ4v) is 4.80. The van der Waals surface area contributed by atoms with Crippen molar-refractivity contribution in [2.75, 3.05) is 18.5 Å². The van der Waals surface area contributed by atoms with E-state index < -0.39 is 11.5 Å². The van der Waals surface area contributed by atoms with Crippen molar-refractivity contribution < 1.29 is 19.4 Å². The monoisotopic (exact) mass is 497 g/mol. The van der Waals surface area contributed by atoms with Gasteiger partial charge in [-0.25, -0.2) is 9.78 Å². The number of nitriles is 1. The number of benzene rings is 2. The summed E-state index contributed by atoms with van der Waals surface area (Å²) in [7, 11) is 0. The molecule has 37 heavy (non-hydrogen) atoms. The fraction of sp³-hybridized carbons (Fsp3) is 0.286. The zero-order valence-electron chi connectivity index (χ0n) is 20.5. The molecule has 1 aliphatic heterocycles. The van der Waals surface area contributed by atoms with Gasteiger partial charge in [0.1, 0.15) is 12.0 Å². The zero-order valence-corrected chi connectivity index (χ0v) is 20.5. The largest absolute Gasteiger partial charge is 0.478 e. The first kappa shape index (κ1) is 24.3. The number of ether oxygens (including phenoxy) is 2. The van der Waals surface area contributed by atoms with E-state index in [1.165, 1.54) is 0 Å². The van der Waals surface area contributed by atoms with Gasteiger partial charge in [-0.05, 0) is 55.2 Å². The van der Waals surface area contributed by atoms with Gasteiger partial charge < -0.3 is 19.9 Å². The molecule has 4 aromatic rings. The van der Waals surface area contributed by atoms with Gasteiger partial charge in [-0.3, -0.25) is 4.68 Å². The molecule has 0 unspecified atom stereocenters. The summed E-state index contributed by atoms with van der Waals surface area (Å²) in [5, 5.41) is 28.0. The minimum absolute atomic E-state index is 0.238. The number of nitrogens with one attached hydrogen (secondary N) is 1. The van der Waals surface area contributed by atoms with Crippen molar-refractivity contribution >= 4 is 28.4 Å². The van der Waals surface area contributed by atoms with E-state index >= 15 is 0 Å². The Morgan fingerprint density at radius 3 is 2.81 bits per heavy atom. The van der Waals surface area contributed by atoms with Gasteiger partial charge >= 0.3 is 5.97 Å². The number of aromatic carboxylic acids is 1. The number of nitrogens with zero attached hydrogens (tertiary/aromatic N) is 4. The van der Waals surface area contributed by atoms with Crippen molar-refractivity contribution in [2.45, 2.75) is 38.3 Å². The maximum atomic E-state index is 11.5. The Bertz CT molecular complexity index is 1470. The van der Waals surface area contributed by atoms with Gasteiger partial charge in [-0.2, -0.15) is 10.4 Å². The number of hydrogen-bond acceptors (Lipinski definition) is 7. The molecule has 0 radical (unpaired) electrons. The van der Waals surface area contributed by atoms with E-state index in [0.717, 1.165) is 23.9 Å². The third-order valence-corrected chi connectivity index (χ3v) is 6.66. The maximum absolute atomic E-state index is 11.5. The maximum Gasteiger partial charge on any atom is 0.335 e. The molecule has 0 bridgehead atoms. The van der Waals surface area contributed by atoms with Crippen LogP contribution in [0, 0.1) is 18.3 Å². The van der Waals surface area contributed by atoms with E-state index in [-0.39, 0.29) is 12.0 Å². The molecule has 0 spiro atoms. The summed E-state index contributed by atoms with van der Waals surface area (Å²) in [5.74, 6) is -0.0512. The fourth-order valence-electron chi connectivity index (χ4n) is 4.80. The van der Waals surface area contributed by atoms with Crippen molar-refractivity contribution in [3.05, 3.63) is 77.5 Å². The number of carbonyl (C=O) groups is 1. The van der Waals surface area contributed by atoms with Crippen molar-refractivity contribution in [1.29, 1.82) is 5.26 Å². The number of fused-ring (bicyclic) bond motifs is 1. The number of carboxylic acid groups (broad SMARTS) is 1. The lowest BCUT2D eigenvalue weighted by Crippen LogP contribution is -2.42. The molecule has 0 aliphatic carbocycles. The zero-order chi connectivity index (χ0) is 25.8. The van der Waals surface area contributed by atoms with Crippen LogP contribution in [0.3, 0.4) is 0 Å². The molecule has 0 amide bonds. The van der Waals surface area contributed by atoms with Gasteiger partial charge in [-0.1, -0.05) is 30.3 Å². The molecule has 1 aliphatic rings. The molecule has 0 saturated carbocycles. The Hall–Kier alpha value is -4.42. The van der Waals surface area contributed by atoms with E-state index in [1.807, 2.05) is 41.1 Å². The predicted molar refractivity (Wildman–Crippen MR) is 138 cm³/mol. The number of aromatic nitrogens is 3. The summed E-state index contributed by atoms with van der Waals surface area (Å²) in [4.78, 5) is 16.0. The number of carboxylic acids is 1. The smallest absolute Gasteiger partial charge is 0.335 e. The summed E-state index contributed by atoms with van der Waals surface area (Å²) >= 11 is 0. The molecule has 3 heterocycles. The van der Waals surface area contributed by atoms with Gasteiger partial charge in [-0.15, -0.1) is 0 Å². The van der Waals surface area contributed by atoms with E-state index in [2.05, 4.69) is 16.4 Å². The molecule has 1 fully saturated rings. The molecule has 188 valence electrons. The summed E-state index contributed by atoms with van der Waals surface area (Å²) in [5.41, 5.74) is 2.71. The molecule has 9 nitrogen and oxygen atoms in total. The first-order valence-corrected chi connectivity index (χ1v) is 12.1. The Labute approximate surface area is 214 Å². The van der Waals surface area contributed by atoms with Crippen LogP contribution in [0.15, 0.2) is 60.8 Å². The van der Waals surface area contributed by atoms with E-state index in [1.54, 1.807) is 31.3 Å². The average molecular weight is 498 g/mol. The van der Waals surface area contributed by atoms with Crippen molar-refractivity contribution in [3.63, 3.8) is 0 Å². The van der Waals surface area contributed by atoms with E-state index in [9.17, 15) is 15.2 Å². The highest BCUT2D eigenvalue weighted by atomic mass is 16.5. The van der Waals surface area contributed by atoms with Crippen molar-refractivity contribution in [3.8, 4) is 11.9 Å². The van der Waals surface area contributed by atoms with Gasteiger partial charge in [0.05, 0.1) is 35.7 Å². The lowest BCUT2D eigenvalue weighted by molar-refractivity contribution is -0.00174. The molecule has 2 aromatic heterocycles. The van der Waals surface area contributed by atoms with Gasteiger partial charge in [0.25, 0.3) is 0 Å². The highest BCUT2D eigenvalue weighted by Crippen LogP contribution is 2.39. The summed E-state index contributed by atoms with van der Waals surface area (Å²) in [6, 6.07) is 19.1. The second-order valence-electron chi connectivity index (χ2n) is 9.22. The average Bonchev–Trinajstić information content (AvgIpc) is 3.28. The molecule has 5 rings (SSSR count). The van der Waals surface area contributed by atoms with Gasteiger partial charge in [0.15, 0.2) is 5.82 Å². The minimum atomic E-state index is -0.977. The molecule has 1 atom stereocenters. The number of anilines is 2. The molecule has 2 N–H and O–H groups in total. The summed E-state index contributed by atoms with van der Waals surface area (Å²) in [6.45, 7) is 3.12. The molecule has 2 aromatic carbocycles.